The van der Waals surface area contributed by atoms with E-state index in [4.69, 9.17) is 9.47 Å². The van der Waals surface area contributed by atoms with Crippen molar-refractivity contribution in [2.45, 2.75) is 33.2 Å². The van der Waals surface area contributed by atoms with Crippen LogP contribution < -0.4 is 5.32 Å². The Balaban J connectivity index is 2.65. The molecule has 5 heteroatoms. The van der Waals surface area contributed by atoms with Gasteiger partial charge in [-0.1, -0.05) is 43.3 Å². The number of nitrogens with zero attached hydrogens (tertiary/aromatic N) is 2. The Bertz CT molecular complexity index is 584. The minimum atomic E-state index is -0.194. The highest BCUT2D eigenvalue weighted by molar-refractivity contribution is 5.17. The maximum Gasteiger partial charge on any atom is 0.186 e. The second-order valence-electron chi connectivity index (χ2n) is 6.34. The average Bonchev–Trinajstić information content (AvgIpc) is 2.67. The van der Waals surface area contributed by atoms with Gasteiger partial charge in [0.1, 0.15) is 5.76 Å². The van der Waals surface area contributed by atoms with Gasteiger partial charge in [-0.15, -0.1) is 0 Å². The highest BCUT2D eigenvalue weighted by Gasteiger charge is 2.17. The van der Waals surface area contributed by atoms with E-state index < -0.39 is 0 Å². The van der Waals surface area contributed by atoms with E-state index in [9.17, 15) is 0 Å². The van der Waals surface area contributed by atoms with E-state index >= 15 is 0 Å². The van der Waals surface area contributed by atoms with Crippen molar-refractivity contribution in [1.82, 2.24) is 15.1 Å². The minimum absolute atomic E-state index is 0.194. The summed E-state index contributed by atoms with van der Waals surface area (Å²) in [4.78, 5) is 4.57. The molecule has 0 radical (unpaired) electrons. The lowest BCUT2D eigenvalue weighted by molar-refractivity contribution is -0.0681. The van der Waals surface area contributed by atoms with Crippen molar-refractivity contribution < 1.29 is 9.47 Å². The van der Waals surface area contributed by atoms with Crippen LogP contribution in [0.3, 0.4) is 0 Å². The molecule has 0 bridgehead atoms. The van der Waals surface area contributed by atoms with Gasteiger partial charge in [-0.3, -0.25) is 4.90 Å². The molecule has 150 valence electrons. The van der Waals surface area contributed by atoms with Crippen molar-refractivity contribution in [1.29, 1.82) is 0 Å². The first-order chi connectivity index (χ1) is 13.1. The van der Waals surface area contributed by atoms with Crippen LogP contribution in [0.2, 0.25) is 0 Å². The van der Waals surface area contributed by atoms with E-state index in [1.165, 1.54) is 5.56 Å². The average molecular weight is 374 g/mol. The summed E-state index contributed by atoms with van der Waals surface area (Å²) < 4.78 is 10.9. The van der Waals surface area contributed by atoms with Gasteiger partial charge >= 0.3 is 0 Å². The van der Waals surface area contributed by atoms with Gasteiger partial charge in [-0.2, -0.15) is 0 Å². The van der Waals surface area contributed by atoms with Gasteiger partial charge < -0.3 is 14.8 Å². The van der Waals surface area contributed by atoms with E-state index in [0.717, 1.165) is 31.9 Å². The molecule has 1 aromatic carbocycles. The monoisotopic (exact) mass is 373 g/mol. The summed E-state index contributed by atoms with van der Waals surface area (Å²) in [6.07, 6.45) is 10.4. The molecule has 1 unspecified atom stereocenters. The molecule has 0 amide bonds. The molecule has 0 aromatic heterocycles. The zero-order valence-electron chi connectivity index (χ0n) is 17.4. The second kappa shape index (κ2) is 14.0. The maximum absolute atomic E-state index is 5.67. The molecule has 0 aliphatic heterocycles. The fourth-order valence-electron chi connectivity index (χ4n) is 2.76. The predicted octanol–water partition coefficient (Wildman–Crippen LogP) is 3.93. The van der Waals surface area contributed by atoms with E-state index in [1.54, 1.807) is 14.2 Å². The molecule has 0 heterocycles. The summed E-state index contributed by atoms with van der Waals surface area (Å²) in [6, 6.07) is 10.5. The Kier molecular flexibility index (Phi) is 11.9. The summed E-state index contributed by atoms with van der Waals surface area (Å²) in [5.41, 5.74) is 1.31. The second-order valence-corrected chi connectivity index (χ2v) is 6.34. The Hall–Kier alpha value is -2.08. The number of hydrogen-bond donors (Lipinski definition) is 1. The lowest BCUT2D eigenvalue weighted by Crippen LogP contribution is -2.49. The van der Waals surface area contributed by atoms with Gasteiger partial charge in [-0.25, -0.2) is 4.90 Å². The maximum atomic E-state index is 5.67. The first kappa shape index (κ1) is 23.0. The quantitative estimate of drug-likeness (QED) is 0.322. The van der Waals surface area contributed by atoms with Gasteiger partial charge in [0.25, 0.3) is 0 Å². The molecule has 0 aliphatic rings. The van der Waals surface area contributed by atoms with Gasteiger partial charge in [0.2, 0.25) is 0 Å². The number of hydrogen-bond acceptors (Lipinski definition) is 5. The Morgan fingerprint density at radius 3 is 2.56 bits per heavy atom. The van der Waals surface area contributed by atoms with Crippen LogP contribution in [0.5, 0.6) is 0 Å². The molecule has 1 rings (SSSR count). The summed E-state index contributed by atoms with van der Waals surface area (Å²) in [5.74, 6) is 0.803. The highest BCUT2D eigenvalue weighted by atomic mass is 16.5. The first-order valence-corrected chi connectivity index (χ1v) is 9.43. The van der Waals surface area contributed by atoms with Crippen LogP contribution in [0.15, 0.2) is 66.6 Å². The van der Waals surface area contributed by atoms with E-state index in [2.05, 4.69) is 53.4 Å². The molecule has 5 nitrogen and oxygen atoms in total. The normalized spacial score (nSPS) is 13.8. The third-order valence-corrected chi connectivity index (χ3v) is 3.95. The number of nitrogens with one attached hydrogen (secondary N) is 1. The fourth-order valence-corrected chi connectivity index (χ4v) is 2.76. The topological polar surface area (TPSA) is 37.0 Å². The van der Waals surface area contributed by atoms with Crippen LogP contribution in [0.25, 0.3) is 0 Å². The van der Waals surface area contributed by atoms with E-state index in [0.29, 0.717) is 0 Å². The molecular weight excluding hydrogens is 338 g/mol. The van der Waals surface area contributed by atoms with Crippen LogP contribution in [0, 0.1) is 0 Å². The third kappa shape index (κ3) is 9.43. The standard InChI is InChI=1S/C22H35N3O2/c1-6-12-21(26-4)15-11-16-23-22(27-5)25(17-7-2)19-24(3)18-20-13-9-8-10-14-20/h6,8-16,22-23H,7,17-19H2,1-5H3/b12-6-,16-11+,21-15+. The van der Waals surface area contributed by atoms with Crippen molar-refractivity contribution in [3.63, 3.8) is 0 Å². The number of methoxy groups -OCH3 is 2. The van der Waals surface area contributed by atoms with Crippen LogP contribution in [-0.2, 0) is 16.0 Å². The molecule has 0 fully saturated rings. The van der Waals surface area contributed by atoms with Crippen molar-refractivity contribution in [2.24, 2.45) is 0 Å². The van der Waals surface area contributed by atoms with Crippen LogP contribution >= 0.6 is 0 Å². The molecule has 27 heavy (non-hydrogen) atoms. The van der Waals surface area contributed by atoms with Crippen LogP contribution in [0.4, 0.5) is 0 Å². The number of benzene rings is 1. The Labute approximate surface area is 164 Å². The zero-order valence-corrected chi connectivity index (χ0v) is 17.4. The van der Waals surface area contributed by atoms with Gasteiger partial charge in [-0.05, 0) is 50.4 Å². The molecule has 0 saturated heterocycles. The van der Waals surface area contributed by atoms with Gasteiger partial charge in [0.15, 0.2) is 6.35 Å². The van der Waals surface area contributed by atoms with Crippen molar-refractivity contribution in [3.8, 4) is 0 Å². The van der Waals surface area contributed by atoms with Crippen molar-refractivity contribution in [3.05, 3.63) is 72.2 Å². The van der Waals surface area contributed by atoms with Crippen molar-refractivity contribution >= 4 is 0 Å². The molecular formula is C22H35N3O2. The predicted molar refractivity (Wildman–Crippen MR) is 113 cm³/mol. The largest absolute Gasteiger partial charge is 0.497 e. The van der Waals surface area contributed by atoms with Crippen LogP contribution in [-0.4, -0.2) is 50.6 Å². The summed E-state index contributed by atoms with van der Waals surface area (Å²) >= 11 is 0. The van der Waals surface area contributed by atoms with E-state index in [-0.39, 0.29) is 6.35 Å². The van der Waals surface area contributed by atoms with Gasteiger partial charge in [0.05, 0.1) is 13.8 Å². The fraction of sp³-hybridized carbons (Fsp3) is 0.455. The lowest BCUT2D eigenvalue weighted by Gasteiger charge is -2.33. The number of allylic oxidation sites excluding steroid dienone is 4. The number of rotatable bonds is 13. The smallest absolute Gasteiger partial charge is 0.186 e. The highest BCUT2D eigenvalue weighted by Crippen LogP contribution is 2.07. The number of ether oxygens (including phenoxy) is 2. The lowest BCUT2D eigenvalue weighted by atomic mass is 10.2. The minimum Gasteiger partial charge on any atom is -0.497 e. The third-order valence-electron chi connectivity index (χ3n) is 3.95. The Morgan fingerprint density at radius 1 is 1.22 bits per heavy atom. The SMILES string of the molecule is C\C=C/C(=C\C=C\NC(OC)N(CCC)CN(C)Cc1ccccc1)OC. The molecule has 1 aromatic rings. The Morgan fingerprint density at radius 2 is 1.96 bits per heavy atom. The van der Waals surface area contributed by atoms with Crippen molar-refractivity contribution in [2.75, 3.05) is 34.5 Å². The molecule has 0 aliphatic carbocycles. The zero-order chi connectivity index (χ0) is 19.9. The summed E-state index contributed by atoms with van der Waals surface area (Å²) in [6.45, 7) is 6.79. The molecule has 1 atom stereocenters. The molecule has 1 N–H and O–H groups in total. The summed E-state index contributed by atoms with van der Waals surface area (Å²) in [7, 11) is 5.52. The molecule has 0 spiro atoms. The summed E-state index contributed by atoms with van der Waals surface area (Å²) in [5, 5.41) is 3.32. The molecule has 0 saturated carbocycles. The van der Waals surface area contributed by atoms with Gasteiger partial charge in [0, 0.05) is 20.2 Å². The van der Waals surface area contributed by atoms with E-state index in [1.807, 2.05) is 43.5 Å². The first-order valence-electron chi connectivity index (χ1n) is 9.43. The van der Waals surface area contributed by atoms with Crippen LogP contribution in [0.1, 0.15) is 25.8 Å².